The smallest absolute Gasteiger partial charge is 0.117 e. The number of para-hydroxylation sites is 1. The van der Waals surface area contributed by atoms with Gasteiger partial charge in [-0.15, -0.1) is 0 Å². The molecular weight excluding hydrogens is 258 g/mol. The van der Waals surface area contributed by atoms with Crippen molar-refractivity contribution in [3.8, 4) is 16.9 Å². The molecule has 1 N–H and O–H groups in total. The topological polar surface area (TPSA) is 23.5 Å². The second kappa shape index (κ2) is 4.67. The van der Waals surface area contributed by atoms with Crippen LogP contribution in [0, 0.1) is 0 Å². The van der Waals surface area contributed by atoms with Crippen LogP contribution in [-0.4, -0.2) is 5.11 Å². The van der Waals surface area contributed by atoms with Crippen LogP contribution in [0.25, 0.3) is 11.1 Å². The minimum atomic E-state index is 0.300. The maximum absolute atomic E-state index is 9.87. The highest BCUT2D eigenvalue weighted by Crippen LogP contribution is 2.43. The van der Waals surface area contributed by atoms with Gasteiger partial charge in [-0.05, 0) is 35.4 Å². The summed E-state index contributed by atoms with van der Waals surface area (Å²) in [5.41, 5.74) is 5.91. The monoisotopic (exact) mass is 273 g/mol. The van der Waals surface area contributed by atoms with Crippen molar-refractivity contribution in [3.05, 3.63) is 78.4 Å². The van der Waals surface area contributed by atoms with Crippen molar-refractivity contribution >= 4 is 11.4 Å². The summed E-state index contributed by atoms with van der Waals surface area (Å²) < 4.78 is 0. The fourth-order valence-electron chi connectivity index (χ4n) is 2.99. The van der Waals surface area contributed by atoms with E-state index in [4.69, 9.17) is 0 Å². The first-order chi connectivity index (χ1) is 10.3. The third kappa shape index (κ3) is 1.96. The summed E-state index contributed by atoms with van der Waals surface area (Å²) >= 11 is 0. The molecule has 3 aromatic rings. The van der Waals surface area contributed by atoms with Crippen molar-refractivity contribution < 1.29 is 5.11 Å². The highest BCUT2D eigenvalue weighted by atomic mass is 16.3. The molecule has 0 fully saturated rings. The minimum Gasteiger partial charge on any atom is -0.508 e. The first kappa shape index (κ1) is 12.0. The molecule has 4 rings (SSSR count). The maximum atomic E-state index is 9.87. The highest BCUT2D eigenvalue weighted by molar-refractivity contribution is 5.87. The largest absolute Gasteiger partial charge is 0.508 e. The molecule has 0 saturated carbocycles. The Morgan fingerprint density at radius 1 is 0.762 bits per heavy atom. The van der Waals surface area contributed by atoms with Gasteiger partial charge in [-0.1, -0.05) is 42.5 Å². The average Bonchev–Trinajstić information content (AvgIpc) is 2.54. The van der Waals surface area contributed by atoms with Crippen LogP contribution in [0.4, 0.5) is 11.4 Å². The van der Waals surface area contributed by atoms with Crippen LogP contribution in [0.15, 0.2) is 72.8 Å². The zero-order valence-electron chi connectivity index (χ0n) is 11.5. The lowest BCUT2D eigenvalue weighted by Crippen LogP contribution is -2.21. The summed E-state index contributed by atoms with van der Waals surface area (Å²) in [4.78, 5) is 2.25. The van der Waals surface area contributed by atoms with Gasteiger partial charge in [-0.3, -0.25) is 0 Å². The molecule has 0 spiro atoms. The molecule has 0 aromatic heterocycles. The molecule has 0 atom stereocenters. The zero-order chi connectivity index (χ0) is 14.2. The SMILES string of the molecule is Oc1ccc2c(c1)N(c1ccccc1)Cc1ccccc1-2. The third-order valence-electron chi connectivity index (χ3n) is 3.98. The fourth-order valence-corrected chi connectivity index (χ4v) is 2.99. The molecule has 3 aromatic carbocycles. The van der Waals surface area contributed by atoms with E-state index < -0.39 is 0 Å². The van der Waals surface area contributed by atoms with Gasteiger partial charge in [-0.2, -0.15) is 0 Å². The number of anilines is 2. The van der Waals surface area contributed by atoms with Gasteiger partial charge in [0.1, 0.15) is 5.75 Å². The fraction of sp³-hybridized carbons (Fsp3) is 0.0526. The summed E-state index contributed by atoms with van der Waals surface area (Å²) in [6.07, 6.45) is 0. The molecule has 2 nitrogen and oxygen atoms in total. The molecule has 1 heterocycles. The minimum absolute atomic E-state index is 0.300. The Kier molecular flexibility index (Phi) is 2.68. The third-order valence-corrected chi connectivity index (χ3v) is 3.98. The molecular formula is C19H15NO. The second-order valence-electron chi connectivity index (χ2n) is 5.28. The number of hydrogen-bond acceptors (Lipinski definition) is 2. The van der Waals surface area contributed by atoms with E-state index in [1.54, 1.807) is 6.07 Å². The number of rotatable bonds is 1. The molecule has 0 unspecified atom stereocenters. The van der Waals surface area contributed by atoms with Crippen LogP contribution in [-0.2, 0) is 6.54 Å². The van der Waals surface area contributed by atoms with Crippen molar-refractivity contribution in [3.63, 3.8) is 0 Å². The van der Waals surface area contributed by atoms with Crippen molar-refractivity contribution in [2.75, 3.05) is 4.90 Å². The second-order valence-corrected chi connectivity index (χ2v) is 5.28. The van der Waals surface area contributed by atoms with E-state index >= 15 is 0 Å². The van der Waals surface area contributed by atoms with Gasteiger partial charge in [0.2, 0.25) is 0 Å². The van der Waals surface area contributed by atoms with E-state index in [-0.39, 0.29) is 0 Å². The molecule has 102 valence electrons. The molecule has 0 bridgehead atoms. The highest BCUT2D eigenvalue weighted by Gasteiger charge is 2.22. The van der Waals surface area contributed by atoms with Crippen molar-refractivity contribution in [2.45, 2.75) is 6.54 Å². The van der Waals surface area contributed by atoms with E-state index in [1.165, 1.54) is 16.7 Å². The quantitative estimate of drug-likeness (QED) is 0.694. The van der Waals surface area contributed by atoms with Crippen LogP contribution in [0.5, 0.6) is 5.75 Å². The Labute approximate surface area is 123 Å². The predicted octanol–water partition coefficient (Wildman–Crippen LogP) is 4.71. The van der Waals surface area contributed by atoms with Crippen molar-refractivity contribution in [2.24, 2.45) is 0 Å². The van der Waals surface area contributed by atoms with Crippen molar-refractivity contribution in [1.29, 1.82) is 0 Å². The molecule has 2 heteroatoms. The summed E-state index contributed by atoms with van der Waals surface area (Å²) in [6.45, 7) is 0.816. The maximum Gasteiger partial charge on any atom is 0.117 e. The van der Waals surface area contributed by atoms with Crippen LogP contribution in [0.2, 0.25) is 0 Å². The summed E-state index contributed by atoms with van der Waals surface area (Å²) in [6, 6.07) is 24.3. The average molecular weight is 273 g/mol. The number of phenolic OH excluding ortho intramolecular Hbond substituents is 1. The zero-order valence-corrected chi connectivity index (χ0v) is 11.5. The van der Waals surface area contributed by atoms with Crippen LogP contribution >= 0.6 is 0 Å². The van der Waals surface area contributed by atoms with Gasteiger partial charge in [-0.25, -0.2) is 0 Å². The van der Waals surface area contributed by atoms with Gasteiger partial charge in [0.05, 0.1) is 5.69 Å². The molecule has 0 radical (unpaired) electrons. The lowest BCUT2D eigenvalue weighted by atomic mass is 9.93. The lowest BCUT2D eigenvalue weighted by Gasteiger charge is -2.33. The normalized spacial score (nSPS) is 12.7. The molecule has 1 aliphatic rings. The van der Waals surface area contributed by atoms with Crippen LogP contribution in [0.3, 0.4) is 0 Å². The standard InChI is InChI=1S/C19H15NO/c21-16-10-11-18-17-9-5-4-6-14(17)13-20(19(18)12-16)15-7-2-1-3-8-15/h1-12,21H,13H2. The van der Waals surface area contributed by atoms with Gasteiger partial charge in [0.15, 0.2) is 0 Å². The van der Waals surface area contributed by atoms with Crippen molar-refractivity contribution in [1.82, 2.24) is 0 Å². The predicted molar refractivity (Wildman–Crippen MR) is 85.8 cm³/mol. The van der Waals surface area contributed by atoms with Gasteiger partial charge < -0.3 is 10.0 Å². The summed E-state index contributed by atoms with van der Waals surface area (Å²) in [5.74, 6) is 0.300. The van der Waals surface area contributed by atoms with Gasteiger partial charge in [0, 0.05) is 23.9 Å². The first-order valence-corrected chi connectivity index (χ1v) is 7.07. The Morgan fingerprint density at radius 3 is 2.38 bits per heavy atom. The molecule has 0 saturated heterocycles. The molecule has 21 heavy (non-hydrogen) atoms. The Morgan fingerprint density at radius 2 is 1.52 bits per heavy atom. The Hall–Kier alpha value is -2.74. The summed E-state index contributed by atoms with van der Waals surface area (Å²) in [7, 11) is 0. The molecule has 0 aliphatic carbocycles. The number of aromatic hydroxyl groups is 1. The van der Waals surface area contributed by atoms with E-state index in [1.807, 2.05) is 30.3 Å². The Bertz CT molecular complexity index is 796. The number of fused-ring (bicyclic) bond motifs is 3. The van der Waals surface area contributed by atoms with Crippen LogP contribution < -0.4 is 4.90 Å². The van der Waals surface area contributed by atoms with E-state index in [9.17, 15) is 5.11 Å². The Balaban J connectivity index is 1.95. The first-order valence-electron chi connectivity index (χ1n) is 7.07. The van der Waals surface area contributed by atoms with E-state index in [0.29, 0.717) is 5.75 Å². The summed E-state index contributed by atoms with van der Waals surface area (Å²) in [5, 5.41) is 9.87. The molecule has 0 amide bonds. The van der Waals surface area contributed by atoms with Gasteiger partial charge >= 0.3 is 0 Å². The number of benzene rings is 3. The number of nitrogens with zero attached hydrogens (tertiary/aromatic N) is 1. The van der Waals surface area contributed by atoms with Gasteiger partial charge in [0.25, 0.3) is 0 Å². The molecule has 1 aliphatic heterocycles. The van der Waals surface area contributed by atoms with E-state index in [2.05, 4.69) is 41.3 Å². The van der Waals surface area contributed by atoms with Crippen LogP contribution in [0.1, 0.15) is 5.56 Å². The number of hydrogen-bond donors (Lipinski definition) is 1. The van der Waals surface area contributed by atoms with E-state index in [0.717, 1.165) is 17.9 Å². The number of phenols is 1. The lowest BCUT2D eigenvalue weighted by molar-refractivity contribution is 0.475.